The minimum Gasteiger partial charge on any atom is -0.496 e. The predicted octanol–water partition coefficient (Wildman–Crippen LogP) is 3.38. The number of halogens is 1. The lowest BCUT2D eigenvalue weighted by atomic mass is 10.0. The van der Waals surface area contributed by atoms with Crippen molar-refractivity contribution in [2.24, 2.45) is 5.16 Å². The Morgan fingerprint density at radius 2 is 2.00 bits per heavy atom. The van der Waals surface area contributed by atoms with Gasteiger partial charge in [0.1, 0.15) is 11.6 Å². The Balaban J connectivity index is 1.64. The van der Waals surface area contributed by atoms with E-state index in [0.717, 1.165) is 22.6 Å². The summed E-state index contributed by atoms with van der Waals surface area (Å²) in [4.78, 5) is 19.2. The van der Waals surface area contributed by atoms with E-state index in [1.807, 2.05) is 24.3 Å². The van der Waals surface area contributed by atoms with E-state index in [1.54, 1.807) is 24.1 Å². The van der Waals surface area contributed by atoms with Gasteiger partial charge in [-0.25, -0.2) is 4.39 Å². The highest BCUT2D eigenvalue weighted by Crippen LogP contribution is 2.25. The fourth-order valence-corrected chi connectivity index (χ4v) is 2.93. The maximum Gasteiger partial charge on any atom is 0.219 e. The molecule has 1 atom stereocenters. The lowest BCUT2D eigenvalue weighted by Gasteiger charge is -2.23. The van der Waals surface area contributed by atoms with Gasteiger partial charge >= 0.3 is 0 Å². The molecule has 5 nitrogen and oxygen atoms in total. The topological polar surface area (TPSA) is 51.1 Å². The number of ether oxygens (including phenoxy) is 1. The summed E-state index contributed by atoms with van der Waals surface area (Å²) in [6.45, 7) is 2.33. The van der Waals surface area contributed by atoms with Gasteiger partial charge in [-0.05, 0) is 29.8 Å². The van der Waals surface area contributed by atoms with Crippen LogP contribution in [0.1, 0.15) is 24.5 Å². The van der Waals surface area contributed by atoms with Gasteiger partial charge in [-0.2, -0.15) is 0 Å². The average molecular weight is 356 g/mol. The predicted molar refractivity (Wildman–Crippen MR) is 96.5 cm³/mol. The zero-order chi connectivity index (χ0) is 18.5. The van der Waals surface area contributed by atoms with Crippen molar-refractivity contribution in [1.29, 1.82) is 0 Å². The van der Waals surface area contributed by atoms with Crippen LogP contribution in [0.15, 0.2) is 53.7 Å². The van der Waals surface area contributed by atoms with Crippen LogP contribution in [0.4, 0.5) is 4.39 Å². The van der Waals surface area contributed by atoms with Gasteiger partial charge in [-0.3, -0.25) is 4.79 Å². The van der Waals surface area contributed by atoms with Gasteiger partial charge in [0.15, 0.2) is 6.10 Å². The van der Waals surface area contributed by atoms with Crippen molar-refractivity contribution in [2.45, 2.75) is 26.0 Å². The molecule has 1 aliphatic rings. The van der Waals surface area contributed by atoms with Crippen LogP contribution >= 0.6 is 0 Å². The molecule has 0 radical (unpaired) electrons. The molecule has 1 unspecified atom stereocenters. The normalized spacial score (nSPS) is 16.0. The number of amides is 1. The highest BCUT2D eigenvalue weighted by molar-refractivity contribution is 6.03. The number of para-hydroxylation sites is 1. The quantitative estimate of drug-likeness (QED) is 0.797. The maximum absolute atomic E-state index is 13.1. The molecular weight excluding hydrogens is 335 g/mol. The SMILES string of the molecule is COc1ccccc1C1=NOC(CN(Cc2ccc(F)cc2)C(C)=O)C1. The summed E-state index contributed by atoms with van der Waals surface area (Å²) < 4.78 is 18.4. The summed E-state index contributed by atoms with van der Waals surface area (Å²) in [5, 5.41) is 4.18. The monoisotopic (exact) mass is 356 g/mol. The number of carbonyl (C=O) groups is 1. The summed E-state index contributed by atoms with van der Waals surface area (Å²) in [5.74, 6) is 0.381. The van der Waals surface area contributed by atoms with Crippen LogP contribution in [0.5, 0.6) is 5.75 Å². The zero-order valence-electron chi connectivity index (χ0n) is 14.8. The van der Waals surface area contributed by atoms with E-state index in [9.17, 15) is 9.18 Å². The summed E-state index contributed by atoms with van der Waals surface area (Å²) >= 11 is 0. The first-order chi connectivity index (χ1) is 12.6. The van der Waals surface area contributed by atoms with E-state index >= 15 is 0 Å². The van der Waals surface area contributed by atoms with E-state index in [2.05, 4.69) is 5.16 Å². The van der Waals surface area contributed by atoms with E-state index in [-0.39, 0.29) is 17.8 Å². The number of benzene rings is 2. The Kier molecular flexibility index (Phi) is 5.51. The van der Waals surface area contributed by atoms with Crippen molar-refractivity contribution < 1.29 is 18.8 Å². The molecule has 0 aromatic heterocycles. The Labute approximate surface area is 152 Å². The first-order valence-corrected chi connectivity index (χ1v) is 8.43. The Morgan fingerprint density at radius 3 is 2.69 bits per heavy atom. The van der Waals surface area contributed by atoms with E-state index in [1.165, 1.54) is 19.1 Å². The molecule has 6 heteroatoms. The smallest absolute Gasteiger partial charge is 0.219 e. The molecule has 26 heavy (non-hydrogen) atoms. The molecule has 1 heterocycles. The molecule has 1 amide bonds. The number of hydrogen-bond donors (Lipinski definition) is 0. The molecule has 0 N–H and O–H groups in total. The van der Waals surface area contributed by atoms with E-state index in [0.29, 0.717) is 19.5 Å². The highest BCUT2D eigenvalue weighted by atomic mass is 19.1. The van der Waals surface area contributed by atoms with Crippen LogP contribution in [0.25, 0.3) is 0 Å². The second-order valence-electron chi connectivity index (χ2n) is 6.20. The number of rotatable bonds is 6. The summed E-state index contributed by atoms with van der Waals surface area (Å²) in [6.07, 6.45) is 0.368. The van der Waals surface area contributed by atoms with Gasteiger partial charge in [0.2, 0.25) is 5.91 Å². The number of hydrogen-bond acceptors (Lipinski definition) is 4. The molecular formula is C20H21FN2O3. The van der Waals surface area contributed by atoms with Gasteiger partial charge in [0, 0.05) is 25.5 Å². The minimum absolute atomic E-state index is 0.0660. The van der Waals surface area contributed by atoms with Gasteiger partial charge in [-0.1, -0.05) is 29.4 Å². The number of nitrogens with zero attached hydrogens (tertiary/aromatic N) is 2. The van der Waals surface area contributed by atoms with E-state index in [4.69, 9.17) is 9.57 Å². The fraction of sp³-hybridized carbons (Fsp3) is 0.300. The van der Waals surface area contributed by atoms with Gasteiger partial charge in [-0.15, -0.1) is 0 Å². The lowest BCUT2D eigenvalue weighted by Crippen LogP contribution is -2.35. The van der Waals surface area contributed by atoms with E-state index < -0.39 is 0 Å². The van der Waals surface area contributed by atoms with Crippen molar-refractivity contribution in [3.8, 4) is 5.75 Å². The third-order valence-corrected chi connectivity index (χ3v) is 4.31. The summed E-state index contributed by atoms with van der Waals surface area (Å²) in [5.41, 5.74) is 2.56. The Hall–Kier alpha value is -2.89. The van der Waals surface area contributed by atoms with Crippen LogP contribution in [0.3, 0.4) is 0 Å². The molecule has 0 saturated carbocycles. The molecule has 0 saturated heterocycles. The van der Waals surface area contributed by atoms with Crippen LogP contribution in [-0.2, 0) is 16.2 Å². The Bertz CT molecular complexity index is 805. The van der Waals surface area contributed by atoms with Crippen LogP contribution in [0, 0.1) is 5.82 Å². The first-order valence-electron chi connectivity index (χ1n) is 8.43. The first kappa shape index (κ1) is 17.9. The highest BCUT2D eigenvalue weighted by Gasteiger charge is 2.27. The van der Waals surface area contributed by atoms with Gasteiger partial charge in [0.25, 0.3) is 0 Å². The molecule has 0 fully saturated rings. The number of oxime groups is 1. The fourth-order valence-electron chi connectivity index (χ4n) is 2.93. The third-order valence-electron chi connectivity index (χ3n) is 4.31. The van der Waals surface area contributed by atoms with Crippen molar-refractivity contribution in [2.75, 3.05) is 13.7 Å². The molecule has 136 valence electrons. The zero-order valence-corrected chi connectivity index (χ0v) is 14.8. The molecule has 1 aliphatic heterocycles. The minimum atomic E-state index is -0.294. The molecule has 2 aromatic carbocycles. The van der Waals surface area contributed by atoms with Gasteiger partial charge in [0.05, 0.1) is 19.4 Å². The third kappa shape index (κ3) is 4.20. The summed E-state index contributed by atoms with van der Waals surface area (Å²) in [7, 11) is 1.62. The number of carbonyl (C=O) groups excluding carboxylic acids is 1. The van der Waals surface area contributed by atoms with Crippen LogP contribution < -0.4 is 4.74 Å². The number of methoxy groups -OCH3 is 1. The van der Waals surface area contributed by atoms with Crippen LogP contribution in [-0.4, -0.2) is 36.3 Å². The lowest BCUT2D eigenvalue weighted by molar-refractivity contribution is -0.131. The second-order valence-corrected chi connectivity index (χ2v) is 6.20. The standard InChI is InChI=1S/C20H21FN2O3/c1-14(24)23(12-15-7-9-16(21)10-8-15)13-17-11-19(22-26-17)18-5-3-4-6-20(18)25-2/h3-10,17H,11-13H2,1-2H3. The molecule has 0 aliphatic carbocycles. The molecule has 0 spiro atoms. The van der Waals surface area contributed by atoms with Gasteiger partial charge < -0.3 is 14.5 Å². The Morgan fingerprint density at radius 1 is 1.27 bits per heavy atom. The van der Waals surface area contributed by atoms with Crippen molar-refractivity contribution in [3.63, 3.8) is 0 Å². The molecule has 2 aromatic rings. The largest absolute Gasteiger partial charge is 0.496 e. The molecule has 3 rings (SSSR count). The average Bonchev–Trinajstić information content (AvgIpc) is 3.11. The van der Waals surface area contributed by atoms with Crippen molar-refractivity contribution in [3.05, 3.63) is 65.5 Å². The van der Waals surface area contributed by atoms with Crippen LogP contribution in [0.2, 0.25) is 0 Å². The summed E-state index contributed by atoms with van der Waals surface area (Å²) in [6, 6.07) is 13.8. The second kappa shape index (κ2) is 7.99. The molecule has 0 bridgehead atoms. The van der Waals surface area contributed by atoms with Crippen molar-refractivity contribution >= 4 is 11.6 Å². The van der Waals surface area contributed by atoms with Crippen molar-refractivity contribution in [1.82, 2.24) is 4.90 Å². The maximum atomic E-state index is 13.1.